The number of methoxy groups -OCH3 is 3. The van der Waals surface area contributed by atoms with Crippen molar-refractivity contribution in [2.75, 3.05) is 21.3 Å². The lowest BCUT2D eigenvalue weighted by atomic mass is 10.3. The normalized spacial score (nSPS) is 10.5. The van der Waals surface area contributed by atoms with Gasteiger partial charge in [-0.2, -0.15) is 22.0 Å². The van der Waals surface area contributed by atoms with Crippen LogP contribution in [-0.4, -0.2) is 64.6 Å². The molecule has 182 valence electrons. The monoisotopic (exact) mass is 614 g/mol. The van der Waals surface area contributed by atoms with Gasteiger partial charge < -0.3 is 14.2 Å². The second-order valence-electron chi connectivity index (χ2n) is 4.92. The van der Waals surface area contributed by atoms with Gasteiger partial charge in [0.05, 0.1) is 21.3 Å². The molecule has 2 aromatic rings. The van der Waals surface area contributed by atoms with Crippen molar-refractivity contribution in [2.24, 2.45) is 0 Å². The van der Waals surface area contributed by atoms with Crippen LogP contribution in [0.3, 0.4) is 0 Å². The second-order valence-corrected chi connectivity index (χ2v) is 6.42. The van der Waals surface area contributed by atoms with Crippen LogP contribution in [0, 0.1) is 3.70 Å². The molecule has 0 spiro atoms. The maximum Gasteiger partial charge on any atom is 0.435 e. The molecule has 0 aromatic carbocycles. The molecule has 2 aromatic heterocycles. The van der Waals surface area contributed by atoms with Crippen LogP contribution in [0.25, 0.3) is 0 Å². The van der Waals surface area contributed by atoms with E-state index < -0.39 is 40.9 Å². The number of esters is 3. The zero-order chi connectivity index (χ0) is 25.8. The third kappa shape index (κ3) is 10.6. The van der Waals surface area contributed by atoms with Gasteiger partial charge >= 0.3 is 29.5 Å². The Balaban J connectivity index is 0.000000485. The molecule has 33 heavy (non-hydrogen) atoms. The molecule has 17 heteroatoms. The number of hydrogen-bond donors (Lipinski definition) is 0. The first-order valence-electron chi connectivity index (χ1n) is 7.87. The molecule has 0 amide bonds. The van der Waals surface area contributed by atoms with E-state index in [-0.39, 0.29) is 5.69 Å². The van der Waals surface area contributed by atoms with Gasteiger partial charge in [0.1, 0.15) is 3.70 Å². The molecule has 0 unspecified atom stereocenters. The summed E-state index contributed by atoms with van der Waals surface area (Å²) in [7, 11) is 3.11. The van der Waals surface area contributed by atoms with Crippen molar-refractivity contribution >= 4 is 52.1 Å². The van der Waals surface area contributed by atoms with Crippen LogP contribution in [0.15, 0.2) is 24.8 Å². The zero-order valence-corrected chi connectivity index (χ0v) is 19.6. The molecule has 0 radical (unpaired) electrons. The van der Waals surface area contributed by atoms with Crippen LogP contribution in [0.4, 0.5) is 22.0 Å². The Morgan fingerprint density at radius 1 is 0.788 bits per heavy atom. The highest BCUT2D eigenvalue weighted by atomic mass is 127. The summed E-state index contributed by atoms with van der Waals surface area (Å²) in [6.45, 7) is 0. The van der Waals surface area contributed by atoms with Gasteiger partial charge in [0.25, 0.3) is 0 Å². The first kappa shape index (κ1) is 30.2. The molecule has 0 N–H and O–H groups in total. The van der Waals surface area contributed by atoms with Gasteiger partial charge in [0.2, 0.25) is 0 Å². The van der Waals surface area contributed by atoms with Gasteiger partial charge in [-0.1, -0.05) is 0 Å². The first-order chi connectivity index (χ1) is 15.2. The number of hydrogen-bond acceptors (Lipinski definition) is 10. The average molecular weight is 615 g/mol. The summed E-state index contributed by atoms with van der Waals surface area (Å²) < 4.78 is 72.3. The van der Waals surface area contributed by atoms with E-state index in [2.05, 4.69) is 45.7 Å². The predicted molar refractivity (Wildman–Crippen MR) is 107 cm³/mol. The van der Waals surface area contributed by atoms with Gasteiger partial charge in [-0.3, -0.25) is 0 Å². The summed E-state index contributed by atoms with van der Waals surface area (Å²) in [6.07, 6.45) is 0.108. The second kappa shape index (κ2) is 13.7. The van der Waals surface area contributed by atoms with Gasteiger partial charge in [-0.15, -0.1) is 0 Å². The molecule has 0 fully saturated rings. The topological polar surface area (TPSA) is 130 Å². The number of rotatable bonds is 3. The number of carbonyl (C=O) groups excluding carboxylic acids is 3. The Morgan fingerprint density at radius 3 is 1.58 bits per heavy atom. The number of ether oxygens (including phenoxy) is 3. The van der Waals surface area contributed by atoms with Crippen molar-refractivity contribution in [1.29, 1.82) is 0 Å². The van der Waals surface area contributed by atoms with Crippen molar-refractivity contribution < 1.29 is 50.5 Å². The van der Waals surface area contributed by atoms with Gasteiger partial charge in [-0.25, -0.2) is 34.3 Å². The molecule has 0 saturated heterocycles. The lowest BCUT2D eigenvalue weighted by molar-refractivity contribution is -0.157. The maximum atomic E-state index is 12.2. The summed E-state index contributed by atoms with van der Waals surface area (Å²) in [5.41, 5.74) is -1.91. The van der Waals surface area contributed by atoms with E-state index in [1.165, 1.54) is 19.5 Å². The Bertz CT molecular complexity index is 961. The molecule has 0 aliphatic carbocycles. The van der Waals surface area contributed by atoms with Crippen LogP contribution in [0.1, 0.15) is 26.7 Å². The summed E-state index contributed by atoms with van der Waals surface area (Å²) in [6, 6.07) is 0. The zero-order valence-electron chi connectivity index (χ0n) is 16.7. The van der Waals surface area contributed by atoms with E-state index in [1.807, 2.05) is 22.6 Å². The molecule has 2 rings (SSSR count). The van der Waals surface area contributed by atoms with Gasteiger partial charge in [-0.05, 0) is 34.2 Å². The van der Waals surface area contributed by atoms with Crippen molar-refractivity contribution in [3.63, 3.8) is 0 Å². The Kier molecular flexibility index (Phi) is 12.6. The van der Waals surface area contributed by atoms with Crippen LogP contribution >= 0.6 is 34.2 Å². The number of nitrogens with zero attached hydrogens (tertiary/aromatic N) is 4. The minimum atomic E-state index is -4.71. The Labute approximate surface area is 201 Å². The molecular formula is C16H13ClF5IN4O6. The van der Waals surface area contributed by atoms with Crippen molar-refractivity contribution in [1.82, 2.24) is 19.9 Å². The van der Waals surface area contributed by atoms with E-state index in [4.69, 9.17) is 0 Å². The fourth-order valence-electron chi connectivity index (χ4n) is 1.46. The lowest BCUT2D eigenvalue weighted by Crippen LogP contribution is -2.22. The highest BCUT2D eigenvalue weighted by Crippen LogP contribution is 2.29. The minimum absolute atomic E-state index is 0.260. The molecule has 10 nitrogen and oxygen atoms in total. The molecule has 0 bridgehead atoms. The summed E-state index contributed by atoms with van der Waals surface area (Å²) in [5.74, 6) is -3.35. The largest absolute Gasteiger partial charge is 0.464 e. The van der Waals surface area contributed by atoms with E-state index in [1.54, 1.807) is 0 Å². The molecule has 0 saturated carbocycles. The predicted octanol–water partition coefficient (Wildman–Crippen LogP) is 3.14. The summed E-state index contributed by atoms with van der Waals surface area (Å²) in [4.78, 5) is 45.5. The molecule has 0 aliphatic rings. The van der Waals surface area contributed by atoms with Crippen molar-refractivity contribution in [2.45, 2.75) is 11.6 Å². The minimum Gasteiger partial charge on any atom is -0.464 e. The first-order valence-corrected chi connectivity index (χ1v) is 9.32. The van der Waals surface area contributed by atoms with Crippen LogP contribution < -0.4 is 0 Å². The fraction of sp³-hybridized carbons (Fsp3) is 0.312. The standard InChI is InChI=1S/C7H5F3N2O2.C6H5IN2O2.C3H3ClF2O2/c1-14-6(13)4-5(7(8,9)10)12-3-2-11-4;1-11-6(10)4-5(7)9-3-2-8-4;1-8-2(7)3(4,5)6/h2-3H,1H3;2-3H,1H3;1H3. The Morgan fingerprint density at radius 2 is 1.21 bits per heavy atom. The van der Waals surface area contributed by atoms with E-state index in [9.17, 15) is 36.3 Å². The van der Waals surface area contributed by atoms with E-state index in [0.29, 0.717) is 3.70 Å². The van der Waals surface area contributed by atoms with Crippen LogP contribution in [0.5, 0.6) is 0 Å². The summed E-state index contributed by atoms with van der Waals surface area (Å²) in [5, 5.41) is -3.88. The third-order valence-electron chi connectivity index (χ3n) is 2.79. The number of carbonyl (C=O) groups is 3. The lowest BCUT2D eigenvalue weighted by Gasteiger charge is -2.07. The van der Waals surface area contributed by atoms with Crippen LogP contribution in [0.2, 0.25) is 0 Å². The van der Waals surface area contributed by atoms with Crippen molar-refractivity contribution in [3.8, 4) is 0 Å². The quantitative estimate of drug-likeness (QED) is 0.167. The van der Waals surface area contributed by atoms with Crippen molar-refractivity contribution in [3.05, 3.63) is 45.6 Å². The average Bonchev–Trinajstić information content (AvgIpc) is 2.77. The summed E-state index contributed by atoms with van der Waals surface area (Å²) >= 11 is 6.10. The number of aromatic nitrogens is 4. The molecule has 0 aliphatic heterocycles. The maximum absolute atomic E-state index is 12.2. The molecular weight excluding hydrogens is 602 g/mol. The highest BCUT2D eigenvalue weighted by Gasteiger charge is 2.38. The SMILES string of the molecule is COC(=O)C(F)(F)Cl.COC(=O)c1nccnc1C(F)(F)F.COC(=O)c1nccnc1I. The Hall–Kier alpha value is -2.76. The van der Waals surface area contributed by atoms with E-state index in [0.717, 1.165) is 26.6 Å². The van der Waals surface area contributed by atoms with E-state index >= 15 is 0 Å². The van der Waals surface area contributed by atoms with Crippen LogP contribution in [-0.2, 0) is 25.2 Å². The third-order valence-corrected chi connectivity index (χ3v) is 3.74. The number of alkyl halides is 6. The van der Waals surface area contributed by atoms with Gasteiger partial charge in [0.15, 0.2) is 17.1 Å². The smallest absolute Gasteiger partial charge is 0.435 e. The highest BCUT2D eigenvalue weighted by molar-refractivity contribution is 14.1. The fourth-order valence-corrected chi connectivity index (χ4v) is 2.06. The number of halogens is 7. The molecule has 0 atom stereocenters. The van der Waals surface area contributed by atoms with Gasteiger partial charge in [0, 0.05) is 24.8 Å². The molecule has 2 heterocycles.